The highest BCUT2D eigenvalue weighted by Crippen LogP contribution is 2.36. The summed E-state index contributed by atoms with van der Waals surface area (Å²) in [6.07, 6.45) is 0.425. The second-order valence-electron chi connectivity index (χ2n) is 9.34. The number of ether oxygens (including phenoxy) is 3. The molecule has 2 aliphatic rings. The summed E-state index contributed by atoms with van der Waals surface area (Å²) in [7, 11) is 1.46. The van der Waals surface area contributed by atoms with Gasteiger partial charge in [-0.05, 0) is 18.6 Å². The van der Waals surface area contributed by atoms with Gasteiger partial charge in [0.1, 0.15) is 36.2 Å². The van der Waals surface area contributed by atoms with Crippen molar-refractivity contribution < 1.29 is 33.2 Å². The molecule has 11 nitrogen and oxygen atoms in total. The maximum absolute atomic E-state index is 14.5. The van der Waals surface area contributed by atoms with Gasteiger partial charge in [0.15, 0.2) is 11.6 Å². The van der Waals surface area contributed by atoms with Gasteiger partial charge in [-0.25, -0.2) is 18.1 Å². The summed E-state index contributed by atoms with van der Waals surface area (Å²) in [6.45, 7) is 2.97. The van der Waals surface area contributed by atoms with Crippen molar-refractivity contribution in [3.05, 3.63) is 46.9 Å². The van der Waals surface area contributed by atoms with E-state index in [9.17, 15) is 19.0 Å². The number of methoxy groups -OCH3 is 1. The van der Waals surface area contributed by atoms with Crippen LogP contribution >= 0.6 is 11.6 Å². The van der Waals surface area contributed by atoms with Gasteiger partial charge in [-0.1, -0.05) is 29.0 Å². The molecule has 0 spiro atoms. The van der Waals surface area contributed by atoms with Crippen LogP contribution in [0.4, 0.5) is 8.78 Å². The summed E-state index contributed by atoms with van der Waals surface area (Å²) in [6, 6.07) is 1.65. The molecule has 2 aliphatic heterocycles. The molecule has 5 atom stereocenters. The molecule has 3 aromatic rings. The third-order valence-electron chi connectivity index (χ3n) is 7.24. The average molecular weight is 541 g/mol. The third kappa shape index (κ3) is 4.53. The Kier molecular flexibility index (Phi) is 7.27. The maximum atomic E-state index is 14.5. The Morgan fingerprint density at radius 3 is 2.59 bits per heavy atom. The van der Waals surface area contributed by atoms with Crippen LogP contribution in [0.2, 0.25) is 5.02 Å². The SMILES string of the molecule is CCC1(c2cn(C[C@H]3O[C@H](CO)[C@H](O)[C@H](n4cc(-c5ccc(Cl)c(F)c5F)nn4)[C@H]3OC)nn2)COC1. The first-order chi connectivity index (χ1) is 17.8. The topological polar surface area (TPSA) is 130 Å². The van der Waals surface area contributed by atoms with Crippen molar-refractivity contribution in [2.75, 3.05) is 26.9 Å². The lowest BCUT2D eigenvalue weighted by Gasteiger charge is -2.43. The summed E-state index contributed by atoms with van der Waals surface area (Å²) in [5.74, 6) is -2.36. The molecule has 0 unspecified atom stereocenters. The van der Waals surface area contributed by atoms with E-state index in [0.29, 0.717) is 13.2 Å². The molecular formula is C23H27ClF2N6O5. The molecule has 2 saturated heterocycles. The minimum Gasteiger partial charge on any atom is -0.394 e. The van der Waals surface area contributed by atoms with Gasteiger partial charge in [0.2, 0.25) is 0 Å². The minimum atomic E-state index is -1.24. The van der Waals surface area contributed by atoms with Crippen LogP contribution in [0, 0.1) is 11.6 Å². The number of aliphatic hydroxyl groups is 2. The van der Waals surface area contributed by atoms with Crippen molar-refractivity contribution in [3.63, 3.8) is 0 Å². The molecule has 4 heterocycles. The third-order valence-corrected chi connectivity index (χ3v) is 7.54. The quantitative estimate of drug-likeness (QED) is 0.408. The summed E-state index contributed by atoms with van der Waals surface area (Å²) in [4.78, 5) is 0. The Balaban J connectivity index is 1.43. The number of rotatable bonds is 8. The fraction of sp³-hybridized carbons (Fsp3) is 0.565. The molecule has 1 aromatic carbocycles. The van der Waals surface area contributed by atoms with Crippen LogP contribution in [0.25, 0.3) is 11.3 Å². The molecule has 0 bridgehead atoms. The lowest BCUT2D eigenvalue weighted by Crippen LogP contribution is -2.57. The van der Waals surface area contributed by atoms with Crippen LogP contribution in [0.3, 0.4) is 0 Å². The van der Waals surface area contributed by atoms with E-state index in [-0.39, 0.29) is 28.2 Å². The normalized spacial score (nSPS) is 27.3. The molecule has 200 valence electrons. The lowest BCUT2D eigenvalue weighted by molar-refractivity contribution is -0.216. The highest BCUT2D eigenvalue weighted by atomic mass is 35.5. The molecule has 14 heteroatoms. The van der Waals surface area contributed by atoms with E-state index in [1.165, 1.54) is 30.1 Å². The van der Waals surface area contributed by atoms with Gasteiger partial charge in [-0.15, -0.1) is 10.2 Å². The Hall–Kier alpha value is -2.55. The maximum Gasteiger partial charge on any atom is 0.178 e. The summed E-state index contributed by atoms with van der Waals surface area (Å²) < 4.78 is 48.5. The molecule has 2 N–H and O–H groups in total. The standard InChI is InChI=1S/C23H27ClF2N6O5/c1-3-23(10-36-11-23)17-8-31(29-28-17)7-15-22(35-2)20(21(34)16(9-33)37-15)32-6-14(27-30-32)12-4-5-13(24)19(26)18(12)25/h4-6,8,15-16,20-22,33-34H,3,7,9-11H2,1-2H3/t15-,16-,20+,21+,22+/m1/s1. The molecule has 0 saturated carbocycles. The first-order valence-electron chi connectivity index (χ1n) is 11.8. The van der Waals surface area contributed by atoms with E-state index in [1.807, 2.05) is 6.20 Å². The molecule has 5 rings (SSSR count). The van der Waals surface area contributed by atoms with E-state index in [0.717, 1.165) is 12.1 Å². The number of halogens is 3. The monoisotopic (exact) mass is 540 g/mol. The smallest absolute Gasteiger partial charge is 0.178 e. The minimum absolute atomic E-state index is 0.0345. The zero-order valence-corrected chi connectivity index (χ0v) is 20.9. The molecule has 2 aromatic heterocycles. The van der Waals surface area contributed by atoms with E-state index in [2.05, 4.69) is 27.5 Å². The predicted molar refractivity (Wildman–Crippen MR) is 125 cm³/mol. The van der Waals surface area contributed by atoms with Gasteiger partial charge >= 0.3 is 0 Å². The van der Waals surface area contributed by atoms with Crippen molar-refractivity contribution in [3.8, 4) is 11.3 Å². The van der Waals surface area contributed by atoms with Crippen molar-refractivity contribution >= 4 is 11.6 Å². The van der Waals surface area contributed by atoms with Gasteiger partial charge in [0.25, 0.3) is 0 Å². The number of aliphatic hydroxyl groups excluding tert-OH is 2. The van der Waals surface area contributed by atoms with Crippen LogP contribution in [0.15, 0.2) is 24.5 Å². The Bertz CT molecular complexity index is 1250. The first kappa shape index (κ1) is 26.1. The largest absolute Gasteiger partial charge is 0.394 e. The van der Waals surface area contributed by atoms with Crippen molar-refractivity contribution in [2.24, 2.45) is 0 Å². The van der Waals surface area contributed by atoms with Crippen LogP contribution in [-0.2, 0) is 26.2 Å². The van der Waals surface area contributed by atoms with Crippen molar-refractivity contribution in [2.45, 2.75) is 55.8 Å². The molecule has 37 heavy (non-hydrogen) atoms. The van der Waals surface area contributed by atoms with Gasteiger partial charge < -0.3 is 24.4 Å². The predicted octanol–water partition coefficient (Wildman–Crippen LogP) is 1.52. The van der Waals surface area contributed by atoms with Gasteiger partial charge in [-0.3, -0.25) is 0 Å². The van der Waals surface area contributed by atoms with Crippen LogP contribution in [0.5, 0.6) is 0 Å². The van der Waals surface area contributed by atoms with E-state index < -0.39 is 48.7 Å². The summed E-state index contributed by atoms with van der Waals surface area (Å²) in [5.41, 5.74) is 0.553. The Labute approximate surface area is 215 Å². The fourth-order valence-electron chi connectivity index (χ4n) is 4.88. The summed E-state index contributed by atoms with van der Waals surface area (Å²) >= 11 is 5.66. The van der Waals surface area contributed by atoms with Crippen molar-refractivity contribution in [1.29, 1.82) is 0 Å². The average Bonchev–Trinajstić information content (AvgIpc) is 3.53. The van der Waals surface area contributed by atoms with E-state index in [1.54, 1.807) is 4.68 Å². The molecule has 0 amide bonds. The van der Waals surface area contributed by atoms with Crippen LogP contribution in [-0.4, -0.2) is 91.5 Å². The molecule has 0 aliphatic carbocycles. The van der Waals surface area contributed by atoms with Crippen molar-refractivity contribution in [1.82, 2.24) is 30.0 Å². The number of aromatic nitrogens is 6. The lowest BCUT2D eigenvalue weighted by atomic mass is 9.80. The van der Waals surface area contributed by atoms with Gasteiger partial charge in [-0.2, -0.15) is 0 Å². The van der Waals surface area contributed by atoms with E-state index in [4.69, 9.17) is 25.8 Å². The Morgan fingerprint density at radius 1 is 1.16 bits per heavy atom. The second-order valence-corrected chi connectivity index (χ2v) is 9.74. The number of hydrogen-bond acceptors (Lipinski definition) is 9. The highest BCUT2D eigenvalue weighted by Gasteiger charge is 2.48. The molecule has 0 radical (unpaired) electrons. The number of nitrogens with zero attached hydrogens (tertiary/aromatic N) is 6. The number of benzene rings is 1. The number of hydrogen-bond donors (Lipinski definition) is 2. The highest BCUT2D eigenvalue weighted by molar-refractivity contribution is 6.30. The van der Waals surface area contributed by atoms with E-state index >= 15 is 0 Å². The molecular weight excluding hydrogens is 514 g/mol. The second kappa shape index (κ2) is 10.3. The van der Waals surface area contributed by atoms with Gasteiger partial charge in [0, 0.05) is 18.9 Å². The zero-order chi connectivity index (χ0) is 26.3. The summed E-state index contributed by atoms with van der Waals surface area (Å²) in [5, 5.41) is 37.1. The first-order valence-corrected chi connectivity index (χ1v) is 12.2. The Morgan fingerprint density at radius 2 is 1.95 bits per heavy atom. The fourth-order valence-corrected chi connectivity index (χ4v) is 5.02. The van der Waals surface area contributed by atoms with Crippen LogP contribution in [0.1, 0.15) is 25.1 Å². The van der Waals surface area contributed by atoms with Crippen LogP contribution < -0.4 is 0 Å². The molecule has 2 fully saturated rings. The van der Waals surface area contributed by atoms with Gasteiger partial charge in [0.05, 0.1) is 48.7 Å². The zero-order valence-electron chi connectivity index (χ0n) is 20.2.